The van der Waals surface area contributed by atoms with E-state index in [9.17, 15) is 14.9 Å². The van der Waals surface area contributed by atoms with Crippen molar-refractivity contribution in [2.45, 2.75) is 29.2 Å². The minimum atomic E-state index is -0.842. The number of carbonyl (C=O) groups excluding carboxylic acids is 1. The molecule has 2 rings (SSSR count). The van der Waals surface area contributed by atoms with Crippen molar-refractivity contribution in [1.29, 1.82) is 0 Å². The molecule has 0 bridgehead atoms. The van der Waals surface area contributed by atoms with Crippen LogP contribution >= 0.6 is 11.8 Å². The highest BCUT2D eigenvalue weighted by Crippen LogP contribution is 2.35. The third-order valence-corrected chi connectivity index (χ3v) is 4.50. The highest BCUT2D eigenvalue weighted by molar-refractivity contribution is 7.99. The smallest absolute Gasteiger partial charge is 0.322 e. The lowest BCUT2D eigenvalue weighted by molar-refractivity contribution is -0.387. The van der Waals surface area contributed by atoms with Gasteiger partial charge >= 0.3 is 5.97 Å². The highest BCUT2D eigenvalue weighted by Gasteiger charge is 2.19. The maximum Gasteiger partial charge on any atom is 0.322 e. The van der Waals surface area contributed by atoms with Crippen LogP contribution in [0.15, 0.2) is 52.3 Å². The topological polar surface area (TPSA) is 95.5 Å². The molecule has 0 aromatic heterocycles. The van der Waals surface area contributed by atoms with Crippen molar-refractivity contribution >= 4 is 23.4 Å². The summed E-state index contributed by atoms with van der Waals surface area (Å²) >= 11 is 1.33. The standard InChI is InChI=1S/C17H18N2O4S/c1-11-3-6-13(7-4-11)24-16-8-5-12(10-15(16)19(21)22)9-14(18)17(20)23-2/h3-8,10,14H,9,18H2,1-2H3. The number of nitro groups is 1. The molecule has 0 radical (unpaired) electrons. The number of benzene rings is 2. The summed E-state index contributed by atoms with van der Waals surface area (Å²) in [6.45, 7) is 1.98. The lowest BCUT2D eigenvalue weighted by Crippen LogP contribution is -2.33. The Morgan fingerprint density at radius 1 is 1.29 bits per heavy atom. The molecular weight excluding hydrogens is 328 g/mol. The number of nitro benzene ring substituents is 1. The minimum absolute atomic E-state index is 0.00450. The van der Waals surface area contributed by atoms with Crippen LogP contribution in [0.25, 0.3) is 0 Å². The van der Waals surface area contributed by atoms with Crippen LogP contribution in [0.3, 0.4) is 0 Å². The third kappa shape index (κ3) is 4.56. The molecule has 1 atom stereocenters. The Bertz CT molecular complexity index is 747. The summed E-state index contributed by atoms with van der Waals surface area (Å²) in [6.07, 6.45) is 0.184. The van der Waals surface area contributed by atoms with Crippen LogP contribution < -0.4 is 5.73 Å². The molecule has 2 aromatic carbocycles. The van der Waals surface area contributed by atoms with Crippen LogP contribution in [0.1, 0.15) is 11.1 Å². The summed E-state index contributed by atoms with van der Waals surface area (Å²) in [4.78, 5) is 23.8. The second-order valence-electron chi connectivity index (χ2n) is 5.31. The van der Waals surface area contributed by atoms with Gasteiger partial charge in [-0.1, -0.05) is 35.5 Å². The minimum Gasteiger partial charge on any atom is -0.468 e. The number of hydrogen-bond donors (Lipinski definition) is 1. The maximum absolute atomic E-state index is 11.4. The predicted molar refractivity (Wildman–Crippen MR) is 92.1 cm³/mol. The van der Waals surface area contributed by atoms with Gasteiger partial charge in [-0.3, -0.25) is 14.9 Å². The number of nitrogens with two attached hydrogens (primary N) is 1. The SMILES string of the molecule is COC(=O)C(N)Cc1ccc(Sc2ccc(C)cc2)c([N+](=O)[O-])c1. The Kier molecular flexibility index (Phi) is 5.94. The van der Waals surface area contributed by atoms with Crippen LogP contribution in [-0.4, -0.2) is 24.0 Å². The number of carbonyl (C=O) groups is 1. The molecule has 0 saturated heterocycles. The van der Waals surface area contributed by atoms with E-state index in [0.29, 0.717) is 10.5 Å². The Balaban J connectivity index is 2.25. The van der Waals surface area contributed by atoms with Gasteiger partial charge < -0.3 is 10.5 Å². The zero-order valence-electron chi connectivity index (χ0n) is 13.4. The maximum atomic E-state index is 11.4. The zero-order valence-corrected chi connectivity index (χ0v) is 14.2. The van der Waals surface area contributed by atoms with Gasteiger partial charge in [0.05, 0.1) is 16.9 Å². The van der Waals surface area contributed by atoms with Crippen LogP contribution in [-0.2, 0) is 16.0 Å². The van der Waals surface area contributed by atoms with Crippen molar-refractivity contribution in [3.8, 4) is 0 Å². The van der Waals surface area contributed by atoms with Crippen molar-refractivity contribution in [3.05, 3.63) is 63.7 Å². The summed E-state index contributed by atoms with van der Waals surface area (Å²) in [5.41, 5.74) is 7.45. The van der Waals surface area contributed by atoms with Crippen LogP contribution in [0.4, 0.5) is 5.69 Å². The number of nitrogens with zero attached hydrogens (tertiary/aromatic N) is 1. The number of aryl methyl sites for hydroxylation is 1. The predicted octanol–water partition coefficient (Wildman–Crippen LogP) is 3.10. The van der Waals surface area contributed by atoms with Gasteiger partial charge in [-0.2, -0.15) is 0 Å². The number of hydrogen-bond acceptors (Lipinski definition) is 6. The first kappa shape index (κ1) is 18.0. The van der Waals surface area contributed by atoms with E-state index in [1.165, 1.54) is 24.9 Å². The average molecular weight is 346 g/mol. The van der Waals surface area contributed by atoms with Gasteiger partial charge in [0.25, 0.3) is 5.69 Å². The van der Waals surface area contributed by atoms with E-state index in [0.717, 1.165) is 10.5 Å². The number of methoxy groups -OCH3 is 1. The summed E-state index contributed by atoms with van der Waals surface area (Å²) in [5.74, 6) is -0.546. The molecule has 2 aromatic rings. The quantitative estimate of drug-likeness (QED) is 0.490. The normalized spacial score (nSPS) is 11.8. The molecule has 0 aliphatic heterocycles. The fourth-order valence-corrected chi connectivity index (χ4v) is 3.04. The fraction of sp³-hybridized carbons (Fsp3) is 0.235. The molecule has 0 amide bonds. The molecule has 0 saturated carbocycles. The molecule has 6 nitrogen and oxygen atoms in total. The van der Waals surface area contributed by atoms with E-state index >= 15 is 0 Å². The molecular formula is C17H18N2O4S. The second kappa shape index (κ2) is 7.94. The van der Waals surface area contributed by atoms with Gasteiger partial charge in [-0.25, -0.2) is 0 Å². The van der Waals surface area contributed by atoms with Crippen molar-refractivity contribution in [1.82, 2.24) is 0 Å². The summed E-state index contributed by atoms with van der Waals surface area (Å²) < 4.78 is 4.57. The van der Waals surface area contributed by atoms with Crippen molar-refractivity contribution < 1.29 is 14.5 Å². The van der Waals surface area contributed by atoms with Crippen LogP contribution in [0, 0.1) is 17.0 Å². The van der Waals surface area contributed by atoms with Crippen molar-refractivity contribution in [3.63, 3.8) is 0 Å². The number of esters is 1. The molecule has 126 valence electrons. The largest absolute Gasteiger partial charge is 0.468 e. The van der Waals surface area contributed by atoms with Gasteiger partial charge in [-0.15, -0.1) is 0 Å². The third-order valence-electron chi connectivity index (χ3n) is 3.43. The molecule has 0 heterocycles. The molecule has 7 heteroatoms. The monoisotopic (exact) mass is 346 g/mol. The molecule has 0 spiro atoms. The second-order valence-corrected chi connectivity index (χ2v) is 6.42. The van der Waals surface area contributed by atoms with Crippen LogP contribution in [0.5, 0.6) is 0 Å². The van der Waals surface area contributed by atoms with E-state index < -0.39 is 16.9 Å². The van der Waals surface area contributed by atoms with E-state index in [1.807, 2.05) is 31.2 Å². The first-order chi connectivity index (χ1) is 11.4. The molecule has 1 unspecified atom stereocenters. The lowest BCUT2D eigenvalue weighted by Gasteiger charge is -2.10. The van der Waals surface area contributed by atoms with Crippen molar-refractivity contribution in [2.75, 3.05) is 7.11 Å². The Hall–Kier alpha value is -2.38. The van der Waals surface area contributed by atoms with Gasteiger partial charge in [0.1, 0.15) is 6.04 Å². The van der Waals surface area contributed by atoms with Crippen LogP contribution in [0.2, 0.25) is 0 Å². The van der Waals surface area contributed by atoms with Crippen molar-refractivity contribution in [2.24, 2.45) is 5.73 Å². The fourth-order valence-electron chi connectivity index (χ4n) is 2.14. The average Bonchev–Trinajstić information content (AvgIpc) is 2.57. The Morgan fingerprint density at radius 3 is 2.54 bits per heavy atom. The van der Waals surface area contributed by atoms with E-state index in [-0.39, 0.29) is 12.1 Å². The summed E-state index contributed by atoms with van der Waals surface area (Å²) in [7, 11) is 1.26. The first-order valence-corrected chi connectivity index (χ1v) is 8.07. The molecule has 2 N–H and O–H groups in total. The first-order valence-electron chi connectivity index (χ1n) is 7.26. The summed E-state index contributed by atoms with van der Waals surface area (Å²) in [5, 5.41) is 11.4. The van der Waals surface area contributed by atoms with E-state index in [4.69, 9.17) is 5.73 Å². The van der Waals surface area contributed by atoms with Gasteiger partial charge in [0, 0.05) is 11.0 Å². The summed E-state index contributed by atoms with van der Waals surface area (Å²) in [6, 6.07) is 11.8. The number of ether oxygens (including phenoxy) is 1. The zero-order chi connectivity index (χ0) is 17.7. The van der Waals surface area contributed by atoms with E-state index in [2.05, 4.69) is 4.74 Å². The van der Waals surface area contributed by atoms with Gasteiger partial charge in [-0.05, 0) is 37.1 Å². The Morgan fingerprint density at radius 2 is 1.96 bits per heavy atom. The van der Waals surface area contributed by atoms with Gasteiger partial charge in [0.2, 0.25) is 0 Å². The lowest BCUT2D eigenvalue weighted by atomic mass is 10.1. The number of rotatable bonds is 6. The van der Waals surface area contributed by atoms with Gasteiger partial charge in [0.15, 0.2) is 0 Å². The molecule has 0 aliphatic carbocycles. The molecule has 24 heavy (non-hydrogen) atoms. The molecule has 0 aliphatic rings. The molecule has 0 fully saturated rings. The Labute approximate surface area is 144 Å². The highest BCUT2D eigenvalue weighted by atomic mass is 32.2. The van der Waals surface area contributed by atoms with E-state index in [1.54, 1.807) is 12.1 Å².